The summed E-state index contributed by atoms with van der Waals surface area (Å²) in [7, 11) is -9.63. The molecule has 108 valence electrons. The number of hydrogen-bond acceptors (Lipinski definition) is 6. The first-order chi connectivity index (χ1) is 9.03. The fourth-order valence-corrected chi connectivity index (χ4v) is 3.47. The minimum absolute atomic E-state index is 0.0217. The number of nitrogens with two attached hydrogens (primary N) is 1. The quantitative estimate of drug-likeness (QED) is 0.511. The van der Waals surface area contributed by atoms with Crippen LogP contribution in [-0.2, 0) is 26.7 Å². The number of carbonyl (C=O) groups is 1. The van der Waals surface area contributed by atoms with Crippen molar-refractivity contribution in [3.05, 3.63) is 29.3 Å². The summed E-state index contributed by atoms with van der Waals surface area (Å²) in [6.45, 7) is 0. The first-order valence-corrected chi connectivity index (χ1v) is 8.02. The molecule has 0 fully saturated rings. The molecule has 0 aromatic heterocycles. The molecule has 1 aromatic rings. The summed E-state index contributed by atoms with van der Waals surface area (Å²) in [6, 6.07) is 0.533. The fraction of sp³-hybridized carbons (Fsp3) is 0.100. The zero-order valence-electron chi connectivity index (χ0n) is 9.77. The molecule has 0 bridgehead atoms. The van der Waals surface area contributed by atoms with Crippen molar-refractivity contribution in [3.8, 4) is 0 Å². The molecule has 0 amide bonds. The van der Waals surface area contributed by atoms with Crippen LogP contribution in [0.15, 0.2) is 28.0 Å². The molecular weight excluding hydrogens is 310 g/mol. The predicted molar refractivity (Wildman–Crippen MR) is 67.7 cm³/mol. The van der Waals surface area contributed by atoms with Gasteiger partial charge in [0.1, 0.15) is 4.90 Å². The summed E-state index contributed by atoms with van der Waals surface area (Å²) in [5.74, 6) is -0.709. The highest BCUT2D eigenvalue weighted by Crippen LogP contribution is 2.34. The monoisotopic (exact) mass is 319 g/mol. The molecule has 1 aliphatic rings. The van der Waals surface area contributed by atoms with Crippen molar-refractivity contribution in [2.45, 2.75) is 16.2 Å². The molecule has 0 heterocycles. The van der Waals surface area contributed by atoms with E-state index in [1.165, 1.54) is 6.08 Å². The van der Waals surface area contributed by atoms with Crippen LogP contribution in [0, 0.1) is 0 Å². The van der Waals surface area contributed by atoms with Gasteiger partial charge in [-0.3, -0.25) is 13.9 Å². The van der Waals surface area contributed by atoms with Gasteiger partial charge < -0.3 is 5.73 Å². The molecule has 0 radical (unpaired) electrons. The molecule has 2 rings (SSSR count). The van der Waals surface area contributed by atoms with Gasteiger partial charge in [0.25, 0.3) is 20.2 Å². The van der Waals surface area contributed by atoms with Crippen LogP contribution >= 0.6 is 0 Å². The maximum Gasteiger partial charge on any atom is 0.296 e. The first-order valence-electron chi connectivity index (χ1n) is 5.14. The van der Waals surface area contributed by atoms with Gasteiger partial charge in [-0.25, -0.2) is 0 Å². The summed E-state index contributed by atoms with van der Waals surface area (Å²) in [5.41, 5.74) is 4.51. The Morgan fingerprint density at radius 2 is 1.60 bits per heavy atom. The highest BCUT2D eigenvalue weighted by atomic mass is 32.2. The lowest BCUT2D eigenvalue weighted by molar-refractivity contribution is 0.104. The topological polar surface area (TPSA) is 152 Å². The number of benzene rings is 1. The minimum atomic E-state index is -4.85. The van der Waals surface area contributed by atoms with Gasteiger partial charge in [-0.15, -0.1) is 0 Å². The lowest BCUT2D eigenvalue weighted by Gasteiger charge is -2.17. The van der Waals surface area contributed by atoms with Crippen LogP contribution in [0.1, 0.15) is 15.9 Å². The molecule has 20 heavy (non-hydrogen) atoms. The average molecular weight is 319 g/mol. The maximum atomic E-state index is 11.7. The maximum absolute atomic E-state index is 11.7. The Morgan fingerprint density at radius 1 is 1.05 bits per heavy atom. The highest BCUT2D eigenvalue weighted by molar-refractivity contribution is 7.86. The smallest absolute Gasteiger partial charge is 0.296 e. The highest BCUT2D eigenvalue weighted by Gasteiger charge is 2.30. The minimum Gasteiger partial charge on any atom is -0.397 e. The van der Waals surface area contributed by atoms with Gasteiger partial charge in [0.15, 0.2) is 5.78 Å². The van der Waals surface area contributed by atoms with Crippen molar-refractivity contribution in [3.63, 3.8) is 0 Å². The van der Waals surface area contributed by atoms with Crippen LogP contribution in [0.4, 0.5) is 5.69 Å². The van der Waals surface area contributed by atoms with Crippen LogP contribution in [0.2, 0.25) is 0 Å². The van der Waals surface area contributed by atoms with Crippen molar-refractivity contribution < 1.29 is 30.7 Å². The number of ketones is 1. The van der Waals surface area contributed by atoms with E-state index < -0.39 is 41.5 Å². The Morgan fingerprint density at radius 3 is 2.10 bits per heavy atom. The number of hydrogen-bond donors (Lipinski definition) is 3. The van der Waals surface area contributed by atoms with Gasteiger partial charge in [-0.05, 0) is 24.1 Å². The third-order valence-corrected chi connectivity index (χ3v) is 4.60. The molecule has 10 heteroatoms. The second-order valence-electron chi connectivity index (χ2n) is 4.06. The van der Waals surface area contributed by atoms with Crippen LogP contribution in [0.25, 0.3) is 0 Å². The zero-order chi connectivity index (χ0) is 15.3. The number of carbonyl (C=O) groups excluding carboxylic acids is 1. The normalized spacial score (nSPS) is 15.2. The third-order valence-electron chi connectivity index (χ3n) is 2.79. The van der Waals surface area contributed by atoms with Crippen molar-refractivity contribution >= 4 is 31.7 Å². The van der Waals surface area contributed by atoms with Crippen LogP contribution in [0.3, 0.4) is 0 Å². The molecule has 1 aromatic carbocycles. The van der Waals surface area contributed by atoms with Gasteiger partial charge in [0.2, 0.25) is 0 Å². The summed E-state index contributed by atoms with van der Waals surface area (Å²) in [5, 5.41) is 0. The Labute approximate surface area is 114 Å². The van der Waals surface area contributed by atoms with E-state index in [1.54, 1.807) is 0 Å². The average Bonchev–Trinajstić information content (AvgIpc) is 2.25. The number of rotatable bonds is 2. The van der Waals surface area contributed by atoms with E-state index in [0.29, 0.717) is 6.07 Å². The summed E-state index contributed by atoms with van der Waals surface area (Å²) in [6.07, 6.45) is 2.43. The Hall–Kier alpha value is -1.75. The zero-order valence-corrected chi connectivity index (χ0v) is 11.4. The molecule has 0 saturated heterocycles. The van der Waals surface area contributed by atoms with Crippen LogP contribution < -0.4 is 5.73 Å². The molecule has 0 atom stereocenters. The Bertz CT molecular complexity index is 850. The lowest BCUT2D eigenvalue weighted by atomic mass is 9.94. The van der Waals surface area contributed by atoms with Crippen molar-refractivity contribution in [2.24, 2.45) is 0 Å². The second kappa shape index (κ2) is 4.38. The number of fused-ring (bicyclic) bond motifs is 1. The van der Waals surface area contributed by atoms with E-state index in [4.69, 9.17) is 14.8 Å². The van der Waals surface area contributed by atoms with E-state index >= 15 is 0 Å². The molecule has 8 nitrogen and oxygen atoms in total. The molecular formula is C10H9NO7S2. The predicted octanol–water partition coefficient (Wildman–Crippen LogP) is 0.0572. The summed E-state index contributed by atoms with van der Waals surface area (Å²) in [4.78, 5) is 10.0. The largest absolute Gasteiger partial charge is 0.397 e. The van der Waals surface area contributed by atoms with Gasteiger partial charge >= 0.3 is 0 Å². The molecule has 0 unspecified atom stereocenters. The summed E-state index contributed by atoms with van der Waals surface area (Å²) >= 11 is 0. The van der Waals surface area contributed by atoms with Crippen LogP contribution in [-0.4, -0.2) is 31.7 Å². The third kappa shape index (κ3) is 2.33. The number of allylic oxidation sites excluding steroid dienone is 2. The number of nitrogen functional groups attached to an aromatic ring is 1. The van der Waals surface area contributed by atoms with Gasteiger partial charge in [-0.2, -0.15) is 16.8 Å². The van der Waals surface area contributed by atoms with Crippen molar-refractivity contribution in [2.75, 3.05) is 5.73 Å². The van der Waals surface area contributed by atoms with Gasteiger partial charge in [-0.1, -0.05) is 6.08 Å². The van der Waals surface area contributed by atoms with Crippen molar-refractivity contribution in [1.82, 2.24) is 0 Å². The first kappa shape index (κ1) is 14.7. The van der Waals surface area contributed by atoms with Crippen LogP contribution in [0.5, 0.6) is 0 Å². The van der Waals surface area contributed by atoms with E-state index in [2.05, 4.69) is 0 Å². The van der Waals surface area contributed by atoms with Crippen molar-refractivity contribution in [1.29, 1.82) is 0 Å². The molecule has 0 aliphatic heterocycles. The Balaban J connectivity index is 3.01. The lowest BCUT2D eigenvalue weighted by Crippen LogP contribution is -2.18. The SMILES string of the molecule is Nc1c(S(=O)(=O)O)cc(S(=O)(=O)O)c2c1C(=O)C=CC2. The van der Waals surface area contributed by atoms with E-state index in [1.807, 2.05) is 0 Å². The molecule has 0 spiro atoms. The fourth-order valence-electron chi connectivity index (χ4n) is 1.99. The van der Waals surface area contributed by atoms with Gasteiger partial charge in [0.05, 0.1) is 16.1 Å². The van der Waals surface area contributed by atoms with Gasteiger partial charge in [0, 0.05) is 0 Å². The molecule has 0 saturated carbocycles. The molecule has 1 aliphatic carbocycles. The van der Waals surface area contributed by atoms with E-state index in [9.17, 15) is 21.6 Å². The molecule has 4 N–H and O–H groups in total. The number of anilines is 1. The standard InChI is InChI=1S/C10H9NO7S2/c11-10-8(20(16,17)18)4-7(19(13,14)15)5-2-1-3-6(12)9(5)10/h1,3-4H,2,11H2,(H,13,14,15)(H,16,17,18). The summed E-state index contributed by atoms with van der Waals surface area (Å²) < 4.78 is 63.2. The Kier molecular flexibility index (Phi) is 3.21. The van der Waals surface area contributed by atoms with E-state index in [0.717, 1.165) is 6.08 Å². The second-order valence-corrected chi connectivity index (χ2v) is 6.84. The van der Waals surface area contributed by atoms with E-state index in [-0.39, 0.29) is 17.5 Å².